The quantitative estimate of drug-likeness (QED) is 0.637. The van der Waals surface area contributed by atoms with E-state index in [-0.39, 0.29) is 0 Å². The molecule has 0 saturated heterocycles. The summed E-state index contributed by atoms with van der Waals surface area (Å²) in [6.07, 6.45) is 1.17. The van der Waals surface area contributed by atoms with Crippen molar-refractivity contribution in [3.63, 3.8) is 0 Å². The molecule has 1 nitrogen and oxygen atoms in total. The van der Waals surface area contributed by atoms with Crippen molar-refractivity contribution in [3.05, 3.63) is 0 Å². The third-order valence-corrected chi connectivity index (χ3v) is 2.41. The first-order chi connectivity index (χ1) is 5.11. The summed E-state index contributed by atoms with van der Waals surface area (Å²) in [7, 11) is 0. The van der Waals surface area contributed by atoms with Crippen LogP contribution < -0.4 is 5.32 Å². The molecule has 0 aliphatic carbocycles. The smallest absolute Gasteiger partial charge is 0.0379 e. The van der Waals surface area contributed by atoms with E-state index in [9.17, 15) is 0 Å². The Morgan fingerprint density at radius 2 is 1.82 bits per heavy atom. The molecular weight excluding hydrogens is 158 g/mol. The summed E-state index contributed by atoms with van der Waals surface area (Å²) >= 11 is 5.80. The van der Waals surface area contributed by atoms with Gasteiger partial charge in [0.2, 0.25) is 0 Å². The van der Waals surface area contributed by atoms with Crippen LogP contribution in [0.4, 0.5) is 0 Å². The number of hydrogen-bond donors (Lipinski definition) is 1. The Labute approximate surface area is 75.5 Å². The van der Waals surface area contributed by atoms with E-state index in [1.54, 1.807) is 0 Å². The maximum atomic E-state index is 5.80. The van der Waals surface area contributed by atoms with Crippen LogP contribution in [0.25, 0.3) is 0 Å². The van der Waals surface area contributed by atoms with E-state index in [1.165, 1.54) is 6.42 Å². The summed E-state index contributed by atoms with van der Waals surface area (Å²) in [5, 5.41) is 3.48. The van der Waals surface area contributed by atoms with Crippen molar-refractivity contribution in [3.8, 4) is 0 Å². The van der Waals surface area contributed by atoms with Crippen LogP contribution in [0.5, 0.6) is 0 Å². The van der Waals surface area contributed by atoms with Crippen molar-refractivity contribution >= 4 is 11.6 Å². The molecule has 0 aromatic heterocycles. The standard InChI is InChI=1S/C9H20ClN/c1-5-8(4)11-9(6-10)7(2)3/h7-9,11H,5-6H2,1-4H3. The van der Waals surface area contributed by atoms with Crippen LogP contribution in [-0.2, 0) is 0 Å². The van der Waals surface area contributed by atoms with Crippen LogP contribution in [0.15, 0.2) is 0 Å². The van der Waals surface area contributed by atoms with Crippen molar-refractivity contribution in [1.29, 1.82) is 0 Å². The van der Waals surface area contributed by atoms with Crippen LogP contribution in [0, 0.1) is 5.92 Å². The summed E-state index contributed by atoms with van der Waals surface area (Å²) < 4.78 is 0. The maximum Gasteiger partial charge on any atom is 0.0379 e. The largest absolute Gasteiger partial charge is 0.310 e. The molecule has 2 unspecified atom stereocenters. The molecule has 0 radical (unpaired) electrons. The second kappa shape index (κ2) is 5.84. The van der Waals surface area contributed by atoms with E-state index >= 15 is 0 Å². The number of hydrogen-bond acceptors (Lipinski definition) is 1. The first kappa shape index (κ1) is 11.2. The number of nitrogens with one attached hydrogen (secondary N) is 1. The Kier molecular flexibility index (Phi) is 5.98. The molecule has 2 heteroatoms. The van der Waals surface area contributed by atoms with Gasteiger partial charge in [0.05, 0.1) is 0 Å². The highest BCUT2D eigenvalue weighted by Crippen LogP contribution is 2.05. The topological polar surface area (TPSA) is 12.0 Å². The fourth-order valence-electron chi connectivity index (χ4n) is 0.898. The van der Waals surface area contributed by atoms with Gasteiger partial charge in [0.15, 0.2) is 0 Å². The third-order valence-electron chi connectivity index (χ3n) is 2.08. The molecule has 0 bridgehead atoms. The highest BCUT2D eigenvalue weighted by atomic mass is 35.5. The van der Waals surface area contributed by atoms with Gasteiger partial charge in [0.25, 0.3) is 0 Å². The summed E-state index contributed by atoms with van der Waals surface area (Å²) in [6.45, 7) is 8.77. The summed E-state index contributed by atoms with van der Waals surface area (Å²) in [4.78, 5) is 0. The molecule has 0 aromatic carbocycles. The van der Waals surface area contributed by atoms with Gasteiger partial charge < -0.3 is 5.32 Å². The lowest BCUT2D eigenvalue weighted by Crippen LogP contribution is -2.40. The molecular formula is C9H20ClN. The zero-order valence-electron chi connectivity index (χ0n) is 8.02. The summed E-state index contributed by atoms with van der Waals surface area (Å²) in [5.41, 5.74) is 0. The van der Waals surface area contributed by atoms with Gasteiger partial charge in [-0.25, -0.2) is 0 Å². The fraction of sp³-hybridized carbons (Fsp3) is 1.00. The lowest BCUT2D eigenvalue weighted by molar-refractivity contribution is 0.382. The Bertz CT molecular complexity index is 93.6. The maximum absolute atomic E-state index is 5.80. The average molecular weight is 178 g/mol. The molecule has 0 amide bonds. The van der Waals surface area contributed by atoms with Gasteiger partial charge in [-0.3, -0.25) is 0 Å². The minimum atomic E-state index is 0.464. The summed E-state index contributed by atoms with van der Waals surface area (Å²) in [5.74, 6) is 1.34. The van der Waals surface area contributed by atoms with E-state index in [1.807, 2.05) is 0 Å². The van der Waals surface area contributed by atoms with E-state index < -0.39 is 0 Å². The van der Waals surface area contributed by atoms with Crippen molar-refractivity contribution in [2.75, 3.05) is 5.88 Å². The highest BCUT2D eigenvalue weighted by molar-refractivity contribution is 6.18. The van der Waals surface area contributed by atoms with Gasteiger partial charge in [-0.2, -0.15) is 0 Å². The van der Waals surface area contributed by atoms with Crippen LogP contribution in [0.3, 0.4) is 0 Å². The number of alkyl halides is 1. The zero-order chi connectivity index (χ0) is 8.85. The van der Waals surface area contributed by atoms with Gasteiger partial charge in [0.1, 0.15) is 0 Å². The number of rotatable bonds is 5. The van der Waals surface area contributed by atoms with Crippen molar-refractivity contribution < 1.29 is 0 Å². The van der Waals surface area contributed by atoms with E-state index in [4.69, 9.17) is 11.6 Å². The van der Waals surface area contributed by atoms with Gasteiger partial charge in [-0.15, -0.1) is 11.6 Å². The SMILES string of the molecule is CCC(C)NC(CCl)C(C)C. The second-order valence-corrected chi connectivity index (χ2v) is 3.79. The fourth-order valence-corrected chi connectivity index (χ4v) is 1.34. The molecule has 1 N–H and O–H groups in total. The van der Waals surface area contributed by atoms with Crippen LogP contribution in [0.2, 0.25) is 0 Å². The molecule has 0 saturated carbocycles. The molecule has 0 aliphatic heterocycles. The van der Waals surface area contributed by atoms with Crippen LogP contribution in [-0.4, -0.2) is 18.0 Å². The Balaban J connectivity index is 3.68. The Morgan fingerprint density at radius 3 is 2.09 bits per heavy atom. The molecule has 0 spiro atoms. The van der Waals surface area contributed by atoms with Crippen molar-refractivity contribution in [2.24, 2.45) is 5.92 Å². The van der Waals surface area contributed by atoms with E-state index in [0.29, 0.717) is 23.9 Å². The number of halogens is 1. The zero-order valence-corrected chi connectivity index (χ0v) is 8.78. The van der Waals surface area contributed by atoms with Gasteiger partial charge >= 0.3 is 0 Å². The van der Waals surface area contributed by atoms with Gasteiger partial charge in [-0.05, 0) is 19.3 Å². The minimum Gasteiger partial charge on any atom is -0.310 e. The summed E-state index contributed by atoms with van der Waals surface area (Å²) in [6, 6.07) is 1.05. The Hall–Kier alpha value is 0.250. The lowest BCUT2D eigenvalue weighted by Gasteiger charge is -2.23. The van der Waals surface area contributed by atoms with E-state index in [0.717, 1.165) is 0 Å². The predicted molar refractivity (Wildman–Crippen MR) is 52.2 cm³/mol. The molecule has 0 aliphatic rings. The lowest BCUT2D eigenvalue weighted by atomic mass is 10.1. The normalized spacial score (nSPS) is 16.9. The molecule has 68 valence electrons. The molecule has 0 rings (SSSR count). The first-order valence-electron chi connectivity index (χ1n) is 4.43. The first-order valence-corrected chi connectivity index (χ1v) is 4.97. The molecule has 2 atom stereocenters. The predicted octanol–water partition coefficient (Wildman–Crippen LogP) is 2.64. The minimum absolute atomic E-state index is 0.464. The van der Waals surface area contributed by atoms with Gasteiger partial charge in [0, 0.05) is 18.0 Å². The molecule has 0 heterocycles. The van der Waals surface area contributed by atoms with Crippen LogP contribution in [0.1, 0.15) is 34.1 Å². The van der Waals surface area contributed by atoms with Crippen molar-refractivity contribution in [1.82, 2.24) is 5.32 Å². The van der Waals surface area contributed by atoms with E-state index in [2.05, 4.69) is 33.0 Å². The van der Waals surface area contributed by atoms with Crippen LogP contribution >= 0.6 is 11.6 Å². The van der Waals surface area contributed by atoms with Gasteiger partial charge in [-0.1, -0.05) is 20.8 Å². The monoisotopic (exact) mass is 177 g/mol. The highest BCUT2D eigenvalue weighted by Gasteiger charge is 2.12. The average Bonchev–Trinajstić information content (AvgIpc) is 1.99. The Morgan fingerprint density at radius 1 is 1.27 bits per heavy atom. The molecule has 0 aromatic rings. The third kappa shape index (κ3) is 4.65. The second-order valence-electron chi connectivity index (χ2n) is 3.48. The van der Waals surface area contributed by atoms with Crippen molar-refractivity contribution in [2.45, 2.75) is 46.2 Å². The molecule has 11 heavy (non-hydrogen) atoms. The molecule has 0 fully saturated rings.